The van der Waals surface area contributed by atoms with Gasteiger partial charge in [-0.2, -0.15) is 10.1 Å². The van der Waals surface area contributed by atoms with Crippen LogP contribution < -0.4 is 4.74 Å². The van der Waals surface area contributed by atoms with Crippen LogP contribution in [0.2, 0.25) is 0 Å². The van der Waals surface area contributed by atoms with Crippen molar-refractivity contribution in [3.8, 4) is 28.7 Å². The van der Waals surface area contributed by atoms with Gasteiger partial charge in [0.15, 0.2) is 5.69 Å². The number of ether oxygens (including phenoxy) is 1. The van der Waals surface area contributed by atoms with Crippen molar-refractivity contribution in [3.05, 3.63) is 36.0 Å². The van der Waals surface area contributed by atoms with Gasteiger partial charge in [0.1, 0.15) is 5.75 Å². The number of H-pyrrole nitrogens is 1. The van der Waals surface area contributed by atoms with E-state index in [0.29, 0.717) is 23.3 Å². The lowest BCUT2D eigenvalue weighted by Crippen LogP contribution is -1.84. The second-order valence-corrected chi connectivity index (χ2v) is 5.13. The Balaban J connectivity index is 1.61. The molecule has 1 aromatic carbocycles. The number of aromatic nitrogens is 4. The molecule has 0 unspecified atom stereocenters. The number of nitrogens with one attached hydrogen (secondary N) is 1. The zero-order valence-corrected chi connectivity index (χ0v) is 11.5. The van der Waals surface area contributed by atoms with E-state index < -0.39 is 0 Å². The van der Waals surface area contributed by atoms with Crippen molar-refractivity contribution in [3.63, 3.8) is 0 Å². The highest BCUT2D eigenvalue weighted by Crippen LogP contribution is 2.39. The Morgan fingerprint density at radius 3 is 2.76 bits per heavy atom. The van der Waals surface area contributed by atoms with Crippen LogP contribution in [0.1, 0.15) is 24.5 Å². The summed E-state index contributed by atoms with van der Waals surface area (Å²) in [4.78, 5) is 4.40. The summed E-state index contributed by atoms with van der Waals surface area (Å²) < 4.78 is 10.4. The molecule has 3 aromatic rings. The summed E-state index contributed by atoms with van der Waals surface area (Å²) in [5, 5.41) is 11.3. The van der Waals surface area contributed by atoms with Crippen LogP contribution in [0.15, 0.2) is 34.9 Å². The average Bonchev–Trinajstić information content (AvgIpc) is 3.07. The Morgan fingerprint density at radius 1 is 1.24 bits per heavy atom. The third-order valence-corrected chi connectivity index (χ3v) is 3.61. The van der Waals surface area contributed by atoms with E-state index in [0.717, 1.165) is 17.0 Å². The molecular formula is C15H14N4O2. The first-order chi connectivity index (χ1) is 10.3. The summed E-state index contributed by atoms with van der Waals surface area (Å²) in [5.41, 5.74) is 2.72. The van der Waals surface area contributed by atoms with Crippen molar-refractivity contribution >= 4 is 0 Å². The first kappa shape index (κ1) is 12.1. The number of aromatic amines is 1. The minimum atomic E-state index is 0.434. The fraction of sp³-hybridized carbons (Fsp3) is 0.267. The molecule has 0 radical (unpaired) electrons. The molecule has 1 fully saturated rings. The van der Waals surface area contributed by atoms with Gasteiger partial charge in [-0.15, -0.1) is 0 Å². The van der Waals surface area contributed by atoms with E-state index in [2.05, 4.69) is 20.3 Å². The van der Waals surface area contributed by atoms with E-state index in [1.54, 1.807) is 7.11 Å². The third-order valence-electron chi connectivity index (χ3n) is 3.61. The highest BCUT2D eigenvalue weighted by molar-refractivity contribution is 5.58. The molecule has 0 atom stereocenters. The second-order valence-electron chi connectivity index (χ2n) is 5.13. The number of hydrogen-bond donors (Lipinski definition) is 1. The van der Waals surface area contributed by atoms with Crippen molar-refractivity contribution in [2.24, 2.45) is 0 Å². The first-order valence-electron chi connectivity index (χ1n) is 6.87. The molecule has 106 valence electrons. The van der Waals surface area contributed by atoms with Gasteiger partial charge in [0.2, 0.25) is 5.82 Å². The van der Waals surface area contributed by atoms with E-state index in [1.807, 2.05) is 30.3 Å². The van der Waals surface area contributed by atoms with Crippen molar-refractivity contribution in [2.75, 3.05) is 7.11 Å². The van der Waals surface area contributed by atoms with Crippen LogP contribution in [-0.4, -0.2) is 27.4 Å². The van der Waals surface area contributed by atoms with Crippen molar-refractivity contribution in [1.82, 2.24) is 20.3 Å². The molecule has 1 N–H and O–H groups in total. The van der Waals surface area contributed by atoms with E-state index in [-0.39, 0.29) is 0 Å². The monoisotopic (exact) mass is 282 g/mol. The van der Waals surface area contributed by atoms with Crippen LogP contribution >= 0.6 is 0 Å². The maximum absolute atomic E-state index is 5.30. The molecule has 0 amide bonds. The molecule has 1 aliphatic carbocycles. The average molecular weight is 282 g/mol. The summed E-state index contributed by atoms with van der Waals surface area (Å²) in [5.74, 6) is 2.40. The molecule has 1 saturated carbocycles. The Kier molecular flexibility index (Phi) is 2.73. The molecule has 2 aromatic heterocycles. The highest BCUT2D eigenvalue weighted by atomic mass is 16.5. The molecule has 0 bridgehead atoms. The molecule has 0 aliphatic heterocycles. The van der Waals surface area contributed by atoms with Crippen molar-refractivity contribution in [1.29, 1.82) is 0 Å². The van der Waals surface area contributed by atoms with Crippen LogP contribution in [0.3, 0.4) is 0 Å². The molecular weight excluding hydrogens is 268 g/mol. The fourth-order valence-electron chi connectivity index (χ4n) is 2.23. The van der Waals surface area contributed by atoms with E-state index >= 15 is 0 Å². The van der Waals surface area contributed by atoms with Gasteiger partial charge in [0, 0.05) is 17.2 Å². The zero-order chi connectivity index (χ0) is 14.2. The van der Waals surface area contributed by atoms with E-state index in [9.17, 15) is 0 Å². The standard InChI is InChI=1S/C15H14N4O2/c1-20-11-6-4-10(5-7-11)14-16-15(21-19-14)13-8-12(17-18-13)9-2-3-9/h4-9H,2-3H2,1H3,(H,17,18). The maximum Gasteiger partial charge on any atom is 0.278 e. The molecule has 1 aliphatic rings. The summed E-state index contributed by atoms with van der Waals surface area (Å²) in [7, 11) is 1.64. The van der Waals surface area contributed by atoms with Crippen LogP contribution in [0.5, 0.6) is 5.75 Å². The lowest BCUT2D eigenvalue weighted by molar-refractivity contribution is 0.414. The topological polar surface area (TPSA) is 76.8 Å². The molecule has 0 saturated heterocycles. The van der Waals surface area contributed by atoms with Gasteiger partial charge in [-0.1, -0.05) is 5.16 Å². The van der Waals surface area contributed by atoms with Gasteiger partial charge in [0.05, 0.1) is 7.11 Å². The van der Waals surface area contributed by atoms with Gasteiger partial charge in [-0.05, 0) is 43.2 Å². The SMILES string of the molecule is COc1ccc(-c2noc(-c3cc(C4CC4)[nH]n3)n2)cc1. The summed E-state index contributed by atoms with van der Waals surface area (Å²) in [6.07, 6.45) is 2.45. The van der Waals surface area contributed by atoms with Crippen molar-refractivity contribution in [2.45, 2.75) is 18.8 Å². The molecule has 4 rings (SSSR count). The minimum absolute atomic E-state index is 0.434. The summed E-state index contributed by atoms with van der Waals surface area (Å²) >= 11 is 0. The van der Waals surface area contributed by atoms with Crippen LogP contribution in [0, 0.1) is 0 Å². The van der Waals surface area contributed by atoms with Crippen LogP contribution in [-0.2, 0) is 0 Å². The lowest BCUT2D eigenvalue weighted by atomic mass is 10.2. The normalized spacial score (nSPS) is 14.3. The summed E-state index contributed by atoms with van der Waals surface area (Å²) in [6.45, 7) is 0. The first-order valence-corrected chi connectivity index (χ1v) is 6.87. The molecule has 0 spiro atoms. The van der Waals surface area contributed by atoms with E-state index in [1.165, 1.54) is 12.8 Å². The Labute approximate surface area is 121 Å². The van der Waals surface area contributed by atoms with Gasteiger partial charge in [-0.3, -0.25) is 5.10 Å². The second kappa shape index (κ2) is 4.73. The highest BCUT2D eigenvalue weighted by Gasteiger charge is 2.26. The van der Waals surface area contributed by atoms with Gasteiger partial charge in [0.25, 0.3) is 5.89 Å². The number of methoxy groups -OCH3 is 1. The Morgan fingerprint density at radius 2 is 2.05 bits per heavy atom. The largest absolute Gasteiger partial charge is 0.497 e. The third kappa shape index (κ3) is 2.29. The van der Waals surface area contributed by atoms with Crippen LogP contribution in [0.25, 0.3) is 23.0 Å². The van der Waals surface area contributed by atoms with Gasteiger partial charge < -0.3 is 9.26 Å². The molecule has 2 heterocycles. The molecule has 6 heteroatoms. The Hall–Kier alpha value is -2.63. The van der Waals surface area contributed by atoms with Crippen molar-refractivity contribution < 1.29 is 9.26 Å². The van der Waals surface area contributed by atoms with Gasteiger partial charge in [-0.25, -0.2) is 0 Å². The number of benzene rings is 1. The number of hydrogen-bond acceptors (Lipinski definition) is 5. The zero-order valence-electron chi connectivity index (χ0n) is 11.5. The number of nitrogens with zero attached hydrogens (tertiary/aromatic N) is 3. The predicted octanol–water partition coefficient (Wildman–Crippen LogP) is 3.01. The molecule has 21 heavy (non-hydrogen) atoms. The minimum Gasteiger partial charge on any atom is -0.497 e. The van der Waals surface area contributed by atoms with E-state index in [4.69, 9.17) is 9.26 Å². The smallest absolute Gasteiger partial charge is 0.278 e. The van der Waals surface area contributed by atoms with Crippen LogP contribution in [0.4, 0.5) is 0 Å². The lowest BCUT2D eigenvalue weighted by Gasteiger charge is -1.98. The number of rotatable bonds is 4. The molecule has 6 nitrogen and oxygen atoms in total. The summed E-state index contributed by atoms with van der Waals surface area (Å²) in [6, 6.07) is 9.51. The maximum atomic E-state index is 5.30. The quantitative estimate of drug-likeness (QED) is 0.796. The fourth-order valence-corrected chi connectivity index (χ4v) is 2.23. The Bertz CT molecular complexity index is 756. The van der Waals surface area contributed by atoms with Gasteiger partial charge >= 0.3 is 0 Å². The predicted molar refractivity (Wildman–Crippen MR) is 75.8 cm³/mol.